The van der Waals surface area contributed by atoms with Crippen molar-refractivity contribution in [2.24, 2.45) is 0 Å². The molecule has 1 fully saturated rings. The van der Waals surface area contributed by atoms with Gasteiger partial charge in [-0.2, -0.15) is 0 Å². The first-order valence-corrected chi connectivity index (χ1v) is 10.3. The van der Waals surface area contributed by atoms with Crippen LogP contribution in [0.4, 0.5) is 0 Å². The third-order valence-corrected chi connectivity index (χ3v) is 8.26. The van der Waals surface area contributed by atoms with Gasteiger partial charge in [-0.3, -0.25) is 0 Å². The second kappa shape index (κ2) is 9.34. The molecule has 0 N–H and O–H groups in total. The van der Waals surface area contributed by atoms with Crippen LogP contribution >= 0.6 is 17.5 Å². The predicted molar refractivity (Wildman–Crippen MR) is 87.0 cm³/mol. The van der Waals surface area contributed by atoms with Gasteiger partial charge in [-0.25, -0.2) is 0 Å². The van der Waals surface area contributed by atoms with Crippen molar-refractivity contribution < 1.29 is 18.2 Å². The van der Waals surface area contributed by atoms with Crippen LogP contribution in [0.5, 0.6) is 0 Å². The Kier molecular flexibility index (Phi) is 11.3. The zero-order valence-corrected chi connectivity index (χ0v) is 16.6. The number of rotatable bonds is 1. The van der Waals surface area contributed by atoms with Crippen LogP contribution in [0.2, 0.25) is 0 Å². The molecule has 0 heterocycles. The zero-order chi connectivity index (χ0) is 13.7. The first-order chi connectivity index (χ1) is 7.73. The molecule has 1 aliphatic rings. The van der Waals surface area contributed by atoms with Gasteiger partial charge in [-0.1, -0.05) is 6.42 Å². The third kappa shape index (κ3) is 7.24. The van der Waals surface area contributed by atoms with Crippen molar-refractivity contribution >= 4 is 17.5 Å². The van der Waals surface area contributed by atoms with Crippen LogP contribution in [0.25, 0.3) is 0 Å². The van der Waals surface area contributed by atoms with Crippen molar-refractivity contribution in [3.05, 3.63) is 7.43 Å². The molecule has 1 saturated carbocycles. The fourth-order valence-corrected chi connectivity index (χ4v) is 9.43. The zero-order valence-electron chi connectivity index (χ0n) is 13.3. The van der Waals surface area contributed by atoms with Crippen molar-refractivity contribution in [1.82, 2.24) is 0 Å². The number of halogens is 1. The number of hydrogen-bond acceptors (Lipinski definition) is 0. The Morgan fingerprint density at radius 3 is 1.44 bits per heavy atom. The van der Waals surface area contributed by atoms with E-state index in [0.717, 1.165) is 5.66 Å². The molecular weight excluding hydrogens is 353 g/mol. The molecule has 0 radical (unpaired) electrons. The molecule has 1 rings (SSSR count). The normalized spacial score (nSPS) is 17.9. The van der Waals surface area contributed by atoms with Crippen LogP contribution in [0.3, 0.4) is 0 Å². The summed E-state index contributed by atoms with van der Waals surface area (Å²) >= 11 is 2.22. The Morgan fingerprint density at radius 1 is 0.833 bits per heavy atom. The molecule has 0 aliphatic heterocycles. The molecule has 0 saturated heterocycles. The summed E-state index contributed by atoms with van der Waals surface area (Å²) in [7, 11) is 4.21. The van der Waals surface area contributed by atoms with Crippen LogP contribution in [-0.4, -0.2) is 16.0 Å². The molecular formula is C15H33ClPPd+. The fraction of sp³-hybridized carbons (Fsp3) is 0.933. The van der Waals surface area contributed by atoms with Crippen molar-refractivity contribution in [3.63, 3.8) is 0 Å². The molecule has 0 bridgehead atoms. The molecule has 0 nitrogen and oxygen atoms in total. The quantitative estimate of drug-likeness (QED) is 0.283. The molecule has 0 aromatic heterocycles. The SMILES string of the molecule is CC(C)(C)[PH+](C1CCCCC1)C(C)(C)C.[CH3-].[Cl][Pd+]. The van der Waals surface area contributed by atoms with Crippen molar-refractivity contribution in [1.29, 1.82) is 0 Å². The van der Waals surface area contributed by atoms with Crippen molar-refractivity contribution in [3.8, 4) is 0 Å². The first-order valence-electron chi connectivity index (χ1n) is 6.72. The Bertz CT molecular complexity index is 186. The molecule has 18 heavy (non-hydrogen) atoms. The van der Waals surface area contributed by atoms with Crippen LogP contribution in [-0.2, 0) is 18.2 Å². The Hall–Kier alpha value is 1.38. The fourth-order valence-electron chi connectivity index (χ4n) is 3.74. The van der Waals surface area contributed by atoms with E-state index in [1.54, 1.807) is 0 Å². The Labute approximate surface area is 132 Å². The summed E-state index contributed by atoms with van der Waals surface area (Å²) < 4.78 is 0. The maximum absolute atomic E-state index is 4.49. The second-order valence-corrected chi connectivity index (χ2v) is 11.9. The van der Waals surface area contributed by atoms with Gasteiger partial charge in [0.1, 0.15) is 0 Å². The predicted octanol–water partition coefficient (Wildman–Crippen LogP) is 6.27. The van der Waals surface area contributed by atoms with E-state index >= 15 is 0 Å². The monoisotopic (exact) mass is 385 g/mol. The Morgan fingerprint density at radius 2 is 1.17 bits per heavy atom. The third-order valence-electron chi connectivity index (χ3n) is 3.63. The summed E-state index contributed by atoms with van der Waals surface area (Å²) in [6, 6.07) is 0. The summed E-state index contributed by atoms with van der Waals surface area (Å²) in [5.41, 5.74) is 1.07. The van der Waals surface area contributed by atoms with E-state index in [-0.39, 0.29) is 15.3 Å². The van der Waals surface area contributed by atoms with Crippen LogP contribution in [0.1, 0.15) is 73.6 Å². The first kappa shape index (κ1) is 21.7. The van der Waals surface area contributed by atoms with Gasteiger partial charge < -0.3 is 7.43 Å². The van der Waals surface area contributed by atoms with Crippen LogP contribution < -0.4 is 0 Å². The van der Waals surface area contributed by atoms with E-state index in [2.05, 4.69) is 69.3 Å². The average molecular weight is 386 g/mol. The second-order valence-electron chi connectivity index (χ2n) is 7.25. The van der Waals surface area contributed by atoms with Crippen LogP contribution in [0, 0.1) is 7.43 Å². The Balaban J connectivity index is 0. The van der Waals surface area contributed by atoms with Gasteiger partial charge in [0, 0.05) is 7.92 Å². The molecule has 0 aromatic carbocycles. The van der Waals surface area contributed by atoms with E-state index < -0.39 is 0 Å². The summed E-state index contributed by atoms with van der Waals surface area (Å²) in [4.78, 5) is 0. The van der Waals surface area contributed by atoms with Gasteiger partial charge in [0.15, 0.2) is 0 Å². The summed E-state index contributed by atoms with van der Waals surface area (Å²) in [6.45, 7) is 14.8. The average Bonchev–Trinajstić information content (AvgIpc) is 2.18. The molecule has 1 aliphatic carbocycles. The minimum atomic E-state index is -0.276. The molecule has 114 valence electrons. The van der Waals surface area contributed by atoms with E-state index in [0.29, 0.717) is 10.3 Å². The van der Waals surface area contributed by atoms with Gasteiger partial charge >= 0.3 is 27.7 Å². The summed E-state index contributed by atoms with van der Waals surface area (Å²) in [6.07, 6.45) is 7.50. The van der Waals surface area contributed by atoms with E-state index in [4.69, 9.17) is 0 Å². The molecule has 0 atom stereocenters. The van der Waals surface area contributed by atoms with Gasteiger partial charge in [0.2, 0.25) is 0 Å². The molecule has 0 unspecified atom stereocenters. The van der Waals surface area contributed by atoms with Gasteiger partial charge in [0.25, 0.3) is 0 Å². The van der Waals surface area contributed by atoms with Crippen molar-refractivity contribution in [2.75, 3.05) is 0 Å². The molecule has 0 aromatic rings. The van der Waals surface area contributed by atoms with E-state index in [1.807, 2.05) is 0 Å². The van der Waals surface area contributed by atoms with E-state index in [1.165, 1.54) is 32.1 Å². The molecule has 3 heteroatoms. The minimum absolute atomic E-state index is 0. The van der Waals surface area contributed by atoms with Crippen LogP contribution in [0.15, 0.2) is 0 Å². The summed E-state index contributed by atoms with van der Waals surface area (Å²) in [5.74, 6) is 0. The number of hydrogen-bond donors (Lipinski definition) is 0. The standard InChI is InChI=1S/C14H29P.CH3.ClH.Pd/c1-13(2,3)15(14(4,5)6)12-10-8-7-9-11-12;;;/h12H,7-11H2,1-6H3;1H3;1H;/q;-1;;+2. The topological polar surface area (TPSA) is 0 Å². The molecule has 0 spiro atoms. The summed E-state index contributed by atoms with van der Waals surface area (Å²) in [5, 5.41) is 1.12. The van der Waals surface area contributed by atoms with Gasteiger partial charge in [-0.15, -0.1) is 0 Å². The van der Waals surface area contributed by atoms with Crippen molar-refractivity contribution in [2.45, 2.75) is 89.6 Å². The maximum atomic E-state index is 4.49. The van der Waals surface area contributed by atoms with Gasteiger partial charge in [0.05, 0.1) is 16.0 Å². The van der Waals surface area contributed by atoms with Gasteiger partial charge in [-0.05, 0) is 67.2 Å². The van der Waals surface area contributed by atoms with E-state index in [9.17, 15) is 0 Å². The molecule has 0 amide bonds.